The molecule has 2 aromatic rings. The first-order valence-corrected chi connectivity index (χ1v) is 5.61. The highest BCUT2D eigenvalue weighted by Crippen LogP contribution is 2.11. The number of amides is 2. The molecule has 0 bridgehead atoms. The quantitative estimate of drug-likeness (QED) is 0.788. The normalized spacial score (nSPS) is 9.68. The molecule has 5 nitrogen and oxygen atoms in total. The van der Waals surface area contributed by atoms with Crippen molar-refractivity contribution in [2.24, 2.45) is 0 Å². The zero-order valence-corrected chi connectivity index (χ0v) is 9.96. The van der Waals surface area contributed by atoms with Crippen molar-refractivity contribution < 1.29 is 14.7 Å². The van der Waals surface area contributed by atoms with Crippen LogP contribution in [0.2, 0.25) is 0 Å². The Morgan fingerprint density at radius 1 is 0.789 bits per heavy atom. The molecule has 0 aromatic heterocycles. The van der Waals surface area contributed by atoms with E-state index in [0.29, 0.717) is 11.4 Å². The van der Waals surface area contributed by atoms with Crippen LogP contribution in [-0.2, 0) is 0 Å². The highest BCUT2D eigenvalue weighted by atomic mass is 16.4. The predicted octanol–water partition coefficient (Wildman–Crippen LogP) is 3.03. The summed E-state index contributed by atoms with van der Waals surface area (Å²) in [5.41, 5.74) is 1.38. The number of carboxylic acid groups (broad SMARTS) is 1. The smallest absolute Gasteiger partial charge is 0.335 e. The van der Waals surface area contributed by atoms with Crippen LogP contribution in [0.4, 0.5) is 16.2 Å². The third-order valence-corrected chi connectivity index (χ3v) is 2.42. The van der Waals surface area contributed by atoms with Gasteiger partial charge in [0.05, 0.1) is 5.56 Å². The first-order valence-electron chi connectivity index (χ1n) is 5.61. The maximum absolute atomic E-state index is 11.7. The van der Waals surface area contributed by atoms with Gasteiger partial charge in [-0.05, 0) is 36.4 Å². The van der Waals surface area contributed by atoms with Crippen molar-refractivity contribution in [3.8, 4) is 0 Å². The molecule has 0 aliphatic carbocycles. The van der Waals surface area contributed by atoms with Crippen molar-refractivity contribution in [2.75, 3.05) is 10.6 Å². The zero-order chi connectivity index (χ0) is 13.7. The van der Waals surface area contributed by atoms with Gasteiger partial charge in [-0.25, -0.2) is 9.59 Å². The molecule has 0 heterocycles. The van der Waals surface area contributed by atoms with E-state index in [1.54, 1.807) is 12.1 Å². The molecule has 0 saturated carbocycles. The van der Waals surface area contributed by atoms with Crippen LogP contribution in [0.3, 0.4) is 0 Å². The van der Waals surface area contributed by atoms with Crippen LogP contribution in [0, 0.1) is 0 Å². The predicted molar refractivity (Wildman–Crippen MR) is 72.5 cm³/mol. The minimum atomic E-state index is -1.000. The van der Waals surface area contributed by atoms with E-state index in [0.717, 1.165) is 0 Å². The van der Waals surface area contributed by atoms with Gasteiger partial charge in [-0.1, -0.05) is 18.2 Å². The number of nitrogens with one attached hydrogen (secondary N) is 2. The van der Waals surface area contributed by atoms with E-state index in [1.165, 1.54) is 24.3 Å². The molecule has 2 amide bonds. The fourth-order valence-corrected chi connectivity index (χ4v) is 1.51. The van der Waals surface area contributed by atoms with Gasteiger partial charge in [0.2, 0.25) is 0 Å². The molecule has 0 fully saturated rings. The van der Waals surface area contributed by atoms with E-state index in [1.807, 2.05) is 18.2 Å². The van der Waals surface area contributed by atoms with Gasteiger partial charge in [0.25, 0.3) is 0 Å². The molecule has 0 unspecified atom stereocenters. The van der Waals surface area contributed by atoms with E-state index in [4.69, 9.17) is 5.11 Å². The lowest BCUT2D eigenvalue weighted by Gasteiger charge is -2.07. The molecule has 0 radical (unpaired) electrons. The van der Waals surface area contributed by atoms with Gasteiger partial charge in [-0.15, -0.1) is 0 Å². The second-order valence-electron chi connectivity index (χ2n) is 3.83. The Kier molecular flexibility index (Phi) is 3.78. The summed E-state index contributed by atoms with van der Waals surface area (Å²) in [4.78, 5) is 22.3. The summed E-state index contributed by atoms with van der Waals surface area (Å²) < 4.78 is 0. The van der Waals surface area contributed by atoms with E-state index in [2.05, 4.69) is 10.6 Å². The number of rotatable bonds is 3. The molecule has 2 rings (SSSR count). The highest BCUT2D eigenvalue weighted by molar-refractivity contribution is 6.00. The largest absolute Gasteiger partial charge is 0.478 e. The van der Waals surface area contributed by atoms with Crippen LogP contribution in [0.25, 0.3) is 0 Å². The number of anilines is 2. The molecule has 0 spiro atoms. The number of hydrogen-bond donors (Lipinski definition) is 3. The highest BCUT2D eigenvalue weighted by Gasteiger charge is 2.04. The van der Waals surface area contributed by atoms with E-state index < -0.39 is 5.97 Å². The summed E-state index contributed by atoms with van der Waals surface area (Å²) in [6, 6.07) is 14.6. The van der Waals surface area contributed by atoms with E-state index in [-0.39, 0.29) is 11.6 Å². The lowest BCUT2D eigenvalue weighted by Crippen LogP contribution is -2.19. The van der Waals surface area contributed by atoms with E-state index >= 15 is 0 Å². The summed E-state index contributed by atoms with van der Waals surface area (Å²) in [5, 5.41) is 14.0. The van der Waals surface area contributed by atoms with Gasteiger partial charge in [0.15, 0.2) is 0 Å². The summed E-state index contributed by atoms with van der Waals surface area (Å²) in [6.45, 7) is 0. The Labute approximate surface area is 109 Å². The molecule has 0 atom stereocenters. The van der Waals surface area contributed by atoms with Crippen LogP contribution >= 0.6 is 0 Å². The molecule has 5 heteroatoms. The summed E-state index contributed by atoms with van der Waals surface area (Å²) >= 11 is 0. The number of benzene rings is 2. The molecule has 19 heavy (non-hydrogen) atoms. The first kappa shape index (κ1) is 12.6. The van der Waals surface area contributed by atoms with Gasteiger partial charge in [-0.3, -0.25) is 0 Å². The van der Waals surface area contributed by atoms with Crippen LogP contribution in [0.5, 0.6) is 0 Å². The summed E-state index contributed by atoms with van der Waals surface area (Å²) in [5.74, 6) is -1.000. The topological polar surface area (TPSA) is 78.4 Å². The lowest BCUT2D eigenvalue weighted by molar-refractivity contribution is 0.0697. The SMILES string of the molecule is O=C(O)c1ccc(N[11C](=O)Nc2ccccc2)cc1. The molecule has 0 saturated heterocycles. The number of carbonyl (C=O) groups is 2. The van der Waals surface area contributed by atoms with Crippen molar-refractivity contribution in [1.82, 2.24) is 0 Å². The Bertz CT molecular complexity index is 579. The minimum Gasteiger partial charge on any atom is -0.478 e. The molecular formula is C14H12N2O3. The third-order valence-electron chi connectivity index (χ3n) is 2.42. The number of hydrogen-bond acceptors (Lipinski definition) is 2. The average Bonchev–Trinajstić information content (AvgIpc) is 2.40. The van der Waals surface area contributed by atoms with Crippen molar-refractivity contribution in [3.63, 3.8) is 0 Å². The van der Waals surface area contributed by atoms with Crippen molar-refractivity contribution in [1.29, 1.82) is 0 Å². The Morgan fingerprint density at radius 3 is 1.84 bits per heavy atom. The Balaban J connectivity index is 1.97. The molecule has 3 N–H and O–H groups in total. The fraction of sp³-hybridized carbons (Fsp3) is 0. The van der Waals surface area contributed by atoms with Crippen LogP contribution in [-0.4, -0.2) is 17.1 Å². The van der Waals surface area contributed by atoms with Crippen LogP contribution < -0.4 is 10.6 Å². The molecular weight excluding hydrogens is 243 g/mol. The van der Waals surface area contributed by atoms with E-state index in [9.17, 15) is 9.59 Å². The number of carboxylic acids is 1. The zero-order valence-electron chi connectivity index (χ0n) is 9.96. The van der Waals surface area contributed by atoms with Crippen molar-refractivity contribution in [2.45, 2.75) is 0 Å². The first-order chi connectivity index (χ1) is 9.15. The second-order valence-corrected chi connectivity index (χ2v) is 3.83. The number of aromatic carboxylic acids is 1. The summed E-state index contributed by atoms with van der Waals surface area (Å²) in [7, 11) is 0. The number of carbonyl (C=O) groups excluding carboxylic acids is 1. The second kappa shape index (κ2) is 5.68. The Hall–Kier alpha value is -2.82. The molecule has 2 aromatic carbocycles. The maximum atomic E-state index is 11.7. The Morgan fingerprint density at radius 2 is 1.32 bits per heavy atom. The lowest BCUT2D eigenvalue weighted by atomic mass is 10.1. The number of para-hydroxylation sites is 1. The number of urea groups is 1. The minimum absolute atomic E-state index is 0.175. The fourth-order valence-electron chi connectivity index (χ4n) is 1.51. The van der Waals surface area contributed by atoms with Gasteiger partial charge < -0.3 is 15.7 Å². The van der Waals surface area contributed by atoms with Crippen LogP contribution in [0.15, 0.2) is 54.6 Å². The third kappa shape index (κ3) is 3.57. The monoisotopic (exact) mass is 255 g/mol. The van der Waals surface area contributed by atoms with Crippen LogP contribution in [0.1, 0.15) is 10.4 Å². The standard InChI is InChI=1S/C14H12N2O3/c17-13(18)10-6-8-12(9-7-10)16-14(19)15-11-4-2-1-3-5-11/h1-9H,(H,17,18)(H2,15,16,19)/i14-1. The van der Waals surface area contributed by atoms with Crippen molar-refractivity contribution >= 4 is 23.4 Å². The van der Waals surface area contributed by atoms with Gasteiger partial charge >= 0.3 is 12.0 Å². The van der Waals surface area contributed by atoms with Gasteiger partial charge in [-0.2, -0.15) is 0 Å². The molecule has 96 valence electrons. The molecule has 0 aliphatic rings. The van der Waals surface area contributed by atoms with Gasteiger partial charge in [0, 0.05) is 11.4 Å². The average molecular weight is 255 g/mol. The molecule has 0 aliphatic heterocycles. The summed E-state index contributed by atoms with van der Waals surface area (Å²) in [6.07, 6.45) is 0. The maximum Gasteiger partial charge on any atom is 0.335 e. The van der Waals surface area contributed by atoms with Gasteiger partial charge in [0.1, 0.15) is 0 Å². The van der Waals surface area contributed by atoms with Crippen molar-refractivity contribution in [3.05, 3.63) is 60.2 Å².